The van der Waals surface area contributed by atoms with Crippen LogP contribution in [0.25, 0.3) is 0 Å². The summed E-state index contributed by atoms with van der Waals surface area (Å²) in [6.07, 6.45) is 1.64. The molecule has 0 N–H and O–H groups in total. The predicted octanol–water partition coefficient (Wildman–Crippen LogP) is 5.93. The lowest BCUT2D eigenvalue weighted by Gasteiger charge is -2.38. The van der Waals surface area contributed by atoms with Gasteiger partial charge in [-0.2, -0.15) is 13.2 Å². The number of hydrogen-bond acceptors (Lipinski definition) is 4. The molecule has 0 aromatic heterocycles. The van der Waals surface area contributed by atoms with Crippen molar-refractivity contribution in [2.24, 2.45) is 16.8 Å². The lowest BCUT2D eigenvalue weighted by molar-refractivity contribution is -0.384. The van der Waals surface area contributed by atoms with Gasteiger partial charge in [-0.05, 0) is 42.5 Å². The van der Waals surface area contributed by atoms with E-state index in [0.29, 0.717) is 24.6 Å². The Hall–Kier alpha value is -3.49. The molecule has 0 bridgehead atoms. The summed E-state index contributed by atoms with van der Waals surface area (Å²) in [5.74, 6) is 0.343. The number of carbonyl (C=O) groups is 1. The van der Waals surface area contributed by atoms with E-state index in [1.807, 2.05) is 0 Å². The van der Waals surface area contributed by atoms with Crippen molar-refractivity contribution in [2.45, 2.75) is 44.2 Å². The topological polar surface area (TPSA) is 75.8 Å². The lowest BCUT2D eigenvalue weighted by Crippen LogP contribution is -2.45. The van der Waals surface area contributed by atoms with Gasteiger partial charge in [0, 0.05) is 60.8 Å². The summed E-state index contributed by atoms with van der Waals surface area (Å²) in [6, 6.07) is 11.1. The largest absolute Gasteiger partial charge is 0.416 e. The van der Waals surface area contributed by atoms with Gasteiger partial charge in [-0.25, -0.2) is 0 Å². The molecule has 1 amide bonds. The third-order valence-corrected chi connectivity index (χ3v) is 7.28. The number of nitro groups is 1. The Morgan fingerprint density at radius 2 is 1.67 bits per heavy atom. The fraction of sp³-hybridized carbons (Fsp3) is 0.407. The molecule has 5 rings (SSSR count). The van der Waals surface area contributed by atoms with Gasteiger partial charge in [0.2, 0.25) is 5.91 Å². The molecule has 1 aliphatic carbocycles. The van der Waals surface area contributed by atoms with Crippen molar-refractivity contribution in [3.8, 4) is 0 Å². The molecular weight excluding hydrogens is 471 g/mol. The first kappa shape index (κ1) is 24.2. The Bertz CT molecular complexity index is 1220. The summed E-state index contributed by atoms with van der Waals surface area (Å²) in [5, 5.41) is 10.9. The van der Waals surface area contributed by atoms with E-state index in [1.54, 1.807) is 17.0 Å². The van der Waals surface area contributed by atoms with Gasteiger partial charge < -0.3 is 4.90 Å². The van der Waals surface area contributed by atoms with Crippen molar-refractivity contribution in [3.63, 3.8) is 0 Å². The summed E-state index contributed by atoms with van der Waals surface area (Å²) in [4.78, 5) is 30.4. The highest BCUT2D eigenvalue weighted by Crippen LogP contribution is 2.41. The molecule has 1 saturated carbocycles. The fourth-order valence-electron chi connectivity index (χ4n) is 5.11. The quantitative estimate of drug-likeness (QED) is 0.367. The van der Waals surface area contributed by atoms with Crippen LogP contribution >= 0.6 is 0 Å². The third-order valence-electron chi connectivity index (χ3n) is 7.28. The van der Waals surface area contributed by atoms with Crippen LogP contribution in [-0.2, 0) is 17.4 Å². The number of nitro benzene ring substituents is 1. The van der Waals surface area contributed by atoms with Crippen LogP contribution in [0.3, 0.4) is 0 Å². The average molecular weight is 498 g/mol. The van der Waals surface area contributed by atoms with Crippen molar-refractivity contribution in [1.29, 1.82) is 0 Å². The van der Waals surface area contributed by atoms with Gasteiger partial charge in [0.1, 0.15) is 0 Å². The summed E-state index contributed by atoms with van der Waals surface area (Å²) in [5.41, 5.74) is 2.89. The van der Waals surface area contributed by atoms with Crippen LogP contribution in [0.1, 0.15) is 48.3 Å². The minimum atomic E-state index is -4.40. The Morgan fingerprint density at radius 3 is 2.28 bits per heavy atom. The highest BCUT2D eigenvalue weighted by atomic mass is 19.4. The number of rotatable bonds is 6. The Balaban J connectivity index is 1.35. The molecular formula is C27H26F3N3O3. The van der Waals surface area contributed by atoms with Crippen LogP contribution in [-0.4, -0.2) is 34.5 Å². The van der Waals surface area contributed by atoms with E-state index in [4.69, 9.17) is 4.99 Å². The fourth-order valence-corrected chi connectivity index (χ4v) is 5.11. The molecule has 2 aromatic carbocycles. The van der Waals surface area contributed by atoms with Crippen molar-refractivity contribution in [1.82, 2.24) is 4.90 Å². The van der Waals surface area contributed by atoms with Crippen LogP contribution in [0.2, 0.25) is 0 Å². The Kier molecular flexibility index (Phi) is 6.40. The summed E-state index contributed by atoms with van der Waals surface area (Å²) in [6.45, 7) is 0.914. The molecule has 0 radical (unpaired) electrons. The number of carbonyl (C=O) groups excluding carboxylic acids is 1. The van der Waals surface area contributed by atoms with E-state index in [-0.39, 0.29) is 29.9 Å². The first-order chi connectivity index (χ1) is 17.2. The van der Waals surface area contributed by atoms with Crippen molar-refractivity contribution >= 4 is 17.3 Å². The number of nitrogens with zero attached hydrogens (tertiary/aromatic N) is 3. The second-order valence-electron chi connectivity index (χ2n) is 9.86. The average Bonchev–Trinajstić information content (AvgIpc) is 3.59. The van der Waals surface area contributed by atoms with Crippen LogP contribution in [0.15, 0.2) is 65.3 Å². The van der Waals surface area contributed by atoms with E-state index in [1.165, 1.54) is 24.3 Å². The molecule has 36 heavy (non-hydrogen) atoms. The number of halogens is 3. The number of piperidine rings is 1. The number of non-ortho nitro benzene ring substituents is 1. The maximum atomic E-state index is 13.3. The SMILES string of the molecule is O=C(Cc1ccc([N+](=O)[O-])cc1)N1CC(C2=NC(C3CC3)=CC2)CC(c2ccc(C(F)(F)F)cc2)C1. The highest BCUT2D eigenvalue weighted by Gasteiger charge is 2.36. The Labute approximate surface area is 206 Å². The number of alkyl halides is 3. The van der Waals surface area contributed by atoms with Gasteiger partial charge in [-0.3, -0.25) is 19.9 Å². The number of likely N-dealkylation sites (tertiary alicyclic amines) is 1. The van der Waals surface area contributed by atoms with Gasteiger partial charge in [-0.1, -0.05) is 30.3 Å². The van der Waals surface area contributed by atoms with E-state index in [0.717, 1.165) is 54.8 Å². The first-order valence-electron chi connectivity index (χ1n) is 12.1. The van der Waals surface area contributed by atoms with E-state index < -0.39 is 16.7 Å². The van der Waals surface area contributed by atoms with E-state index in [2.05, 4.69) is 6.08 Å². The summed E-state index contributed by atoms with van der Waals surface area (Å²) < 4.78 is 39.2. The number of allylic oxidation sites excluding steroid dienone is 2. The predicted molar refractivity (Wildman–Crippen MR) is 129 cm³/mol. The highest BCUT2D eigenvalue weighted by molar-refractivity contribution is 5.92. The number of aliphatic imine (C=N–C) groups is 1. The first-order valence-corrected chi connectivity index (χ1v) is 12.1. The van der Waals surface area contributed by atoms with Crippen LogP contribution in [0, 0.1) is 22.0 Å². The van der Waals surface area contributed by atoms with Gasteiger partial charge in [0.15, 0.2) is 0 Å². The molecule has 2 aromatic rings. The maximum Gasteiger partial charge on any atom is 0.416 e. The van der Waals surface area contributed by atoms with Crippen molar-refractivity contribution in [2.75, 3.05) is 13.1 Å². The minimum Gasteiger partial charge on any atom is -0.341 e. The van der Waals surface area contributed by atoms with E-state index >= 15 is 0 Å². The molecule has 1 saturated heterocycles. The van der Waals surface area contributed by atoms with Gasteiger partial charge in [0.05, 0.1) is 16.9 Å². The van der Waals surface area contributed by atoms with E-state index in [9.17, 15) is 28.1 Å². The second-order valence-corrected chi connectivity index (χ2v) is 9.86. The molecule has 2 unspecified atom stereocenters. The molecule has 2 heterocycles. The van der Waals surface area contributed by atoms with Crippen molar-refractivity contribution < 1.29 is 22.9 Å². The molecule has 2 atom stereocenters. The van der Waals surface area contributed by atoms with Crippen LogP contribution in [0.5, 0.6) is 0 Å². The molecule has 188 valence electrons. The molecule has 0 spiro atoms. The van der Waals surface area contributed by atoms with Gasteiger partial charge in [-0.15, -0.1) is 0 Å². The van der Waals surface area contributed by atoms with Crippen LogP contribution in [0.4, 0.5) is 18.9 Å². The number of amides is 1. The zero-order valence-corrected chi connectivity index (χ0v) is 19.6. The number of hydrogen-bond donors (Lipinski definition) is 0. The summed E-state index contributed by atoms with van der Waals surface area (Å²) >= 11 is 0. The molecule has 3 aliphatic rings. The third kappa shape index (κ3) is 5.34. The number of benzene rings is 2. The smallest absolute Gasteiger partial charge is 0.341 e. The lowest BCUT2D eigenvalue weighted by atomic mass is 9.81. The van der Waals surface area contributed by atoms with Gasteiger partial charge in [0.25, 0.3) is 5.69 Å². The standard InChI is InChI=1S/C27H26F3N3O3/c28-27(29,30)22-7-5-18(6-8-22)20-14-21(25-12-11-24(31-25)19-3-4-19)16-32(15-20)26(34)13-17-1-9-23(10-2-17)33(35)36/h1-2,5-11,19-21H,3-4,12-16H2. The molecule has 2 aliphatic heterocycles. The monoisotopic (exact) mass is 497 g/mol. The molecule has 9 heteroatoms. The van der Waals surface area contributed by atoms with Gasteiger partial charge >= 0.3 is 6.18 Å². The normalized spacial score (nSPS) is 22.2. The van der Waals surface area contributed by atoms with Crippen LogP contribution < -0.4 is 0 Å². The second kappa shape index (κ2) is 9.52. The molecule has 6 nitrogen and oxygen atoms in total. The molecule has 2 fully saturated rings. The van der Waals surface area contributed by atoms with Crippen molar-refractivity contribution in [3.05, 3.63) is 87.1 Å². The maximum absolute atomic E-state index is 13.3. The zero-order valence-electron chi connectivity index (χ0n) is 19.6. The zero-order chi connectivity index (χ0) is 25.4. The Morgan fingerprint density at radius 1 is 1.00 bits per heavy atom. The minimum absolute atomic E-state index is 0.0272. The summed E-state index contributed by atoms with van der Waals surface area (Å²) in [7, 11) is 0.